The van der Waals surface area contributed by atoms with Crippen molar-refractivity contribution in [2.75, 3.05) is 13.1 Å². The summed E-state index contributed by atoms with van der Waals surface area (Å²) < 4.78 is 14.8. The Balaban J connectivity index is 1.34. The minimum absolute atomic E-state index is 0.00126. The highest BCUT2D eigenvalue weighted by Gasteiger charge is 2.37. The van der Waals surface area contributed by atoms with Crippen molar-refractivity contribution in [3.05, 3.63) is 142 Å². The van der Waals surface area contributed by atoms with Gasteiger partial charge in [-0.3, -0.25) is 9.69 Å². The van der Waals surface area contributed by atoms with E-state index in [1.54, 1.807) is 12.1 Å². The zero-order valence-corrected chi connectivity index (χ0v) is 22.7. The topological polar surface area (TPSA) is 23.6 Å². The van der Waals surface area contributed by atoms with E-state index in [0.29, 0.717) is 18.0 Å². The Morgan fingerprint density at radius 2 is 1.41 bits per heavy atom. The molecule has 0 spiro atoms. The van der Waals surface area contributed by atoms with Gasteiger partial charge in [-0.2, -0.15) is 0 Å². The fraction of sp³-hybridized carbons (Fsp3) is 0.286. The van der Waals surface area contributed by atoms with Crippen LogP contribution in [-0.2, 0) is 24.2 Å². The van der Waals surface area contributed by atoms with Crippen molar-refractivity contribution in [1.29, 1.82) is 0 Å². The van der Waals surface area contributed by atoms with Crippen LogP contribution in [0.5, 0.6) is 0 Å². The number of aryl methyl sites for hydroxylation is 1. The Labute approximate surface area is 230 Å². The molecule has 1 aliphatic heterocycles. The van der Waals surface area contributed by atoms with Crippen molar-refractivity contribution in [2.24, 2.45) is 0 Å². The van der Waals surface area contributed by atoms with Gasteiger partial charge in [-0.1, -0.05) is 97.9 Å². The molecule has 0 saturated heterocycles. The van der Waals surface area contributed by atoms with E-state index in [2.05, 4.69) is 91.5 Å². The van der Waals surface area contributed by atoms with Crippen LogP contribution in [0.4, 0.5) is 4.39 Å². The second-order valence-electron chi connectivity index (χ2n) is 11.2. The van der Waals surface area contributed by atoms with Gasteiger partial charge in [-0.25, -0.2) is 4.39 Å². The number of rotatable bonds is 6. The second kappa shape index (κ2) is 10.8. The van der Waals surface area contributed by atoms with Crippen LogP contribution >= 0.6 is 0 Å². The van der Waals surface area contributed by atoms with E-state index in [0.717, 1.165) is 19.4 Å². The zero-order valence-electron chi connectivity index (χ0n) is 22.7. The highest BCUT2D eigenvalue weighted by atomic mass is 19.1. The first-order valence-corrected chi connectivity index (χ1v) is 14.0. The van der Waals surface area contributed by atoms with Crippen LogP contribution in [0.3, 0.4) is 0 Å². The first-order chi connectivity index (χ1) is 19.0. The van der Waals surface area contributed by atoms with Crippen LogP contribution in [0, 0.1) is 12.7 Å². The number of carbonyl (C=O) groups excluding carboxylic acids is 1. The lowest BCUT2D eigenvalue weighted by Gasteiger charge is -2.42. The Morgan fingerprint density at radius 1 is 0.821 bits per heavy atom. The van der Waals surface area contributed by atoms with Gasteiger partial charge in [0, 0.05) is 24.7 Å². The molecule has 3 nitrogen and oxygen atoms in total. The van der Waals surface area contributed by atoms with E-state index >= 15 is 0 Å². The number of halogens is 1. The van der Waals surface area contributed by atoms with Gasteiger partial charge in [0.25, 0.3) is 0 Å². The average molecular weight is 519 g/mol. The van der Waals surface area contributed by atoms with E-state index in [9.17, 15) is 9.18 Å². The van der Waals surface area contributed by atoms with Crippen molar-refractivity contribution < 1.29 is 9.18 Å². The first kappa shape index (κ1) is 25.5. The molecule has 4 aromatic rings. The summed E-state index contributed by atoms with van der Waals surface area (Å²) in [6.07, 6.45) is 1.60. The number of hydrogen-bond acceptors (Lipinski definition) is 2. The van der Waals surface area contributed by atoms with Gasteiger partial charge >= 0.3 is 0 Å². The number of benzene rings is 4. The molecule has 0 fully saturated rings. The molecule has 198 valence electrons. The van der Waals surface area contributed by atoms with Crippen molar-refractivity contribution in [2.45, 2.75) is 51.2 Å². The number of nitrogens with zero attached hydrogens (tertiary/aromatic N) is 2. The molecule has 0 saturated carbocycles. The predicted octanol–water partition coefficient (Wildman–Crippen LogP) is 6.84. The maximum atomic E-state index is 14.8. The second-order valence-corrected chi connectivity index (χ2v) is 11.2. The monoisotopic (exact) mass is 518 g/mol. The Kier molecular flexibility index (Phi) is 7.05. The molecule has 2 atom stereocenters. The molecule has 1 amide bonds. The Bertz CT molecular complexity index is 1470. The van der Waals surface area contributed by atoms with Crippen molar-refractivity contribution in [1.82, 2.24) is 9.80 Å². The van der Waals surface area contributed by atoms with E-state index in [1.165, 1.54) is 39.4 Å². The molecular weight excluding hydrogens is 483 g/mol. The van der Waals surface area contributed by atoms with E-state index in [1.807, 2.05) is 11.0 Å². The molecule has 6 rings (SSSR count). The lowest BCUT2D eigenvalue weighted by atomic mass is 9.82. The fourth-order valence-corrected chi connectivity index (χ4v) is 6.63. The summed E-state index contributed by atoms with van der Waals surface area (Å²) >= 11 is 0. The molecule has 2 aliphatic rings. The molecule has 0 radical (unpaired) electrons. The van der Waals surface area contributed by atoms with Gasteiger partial charge in [0.1, 0.15) is 5.82 Å². The molecule has 4 heteroatoms. The maximum absolute atomic E-state index is 14.8. The molecule has 4 aromatic carbocycles. The van der Waals surface area contributed by atoms with Gasteiger partial charge in [-0.05, 0) is 65.1 Å². The number of hydrogen-bond donors (Lipinski definition) is 0. The van der Waals surface area contributed by atoms with Crippen LogP contribution in [0.1, 0.15) is 57.8 Å². The highest BCUT2D eigenvalue weighted by Crippen LogP contribution is 2.41. The molecule has 0 bridgehead atoms. The van der Waals surface area contributed by atoms with Crippen LogP contribution in [-0.4, -0.2) is 34.8 Å². The third-order valence-electron chi connectivity index (χ3n) is 8.61. The first-order valence-electron chi connectivity index (χ1n) is 14.0. The van der Waals surface area contributed by atoms with Gasteiger partial charge in [-0.15, -0.1) is 0 Å². The van der Waals surface area contributed by atoms with Crippen LogP contribution in [0.15, 0.2) is 97.1 Å². The third-order valence-corrected chi connectivity index (χ3v) is 8.61. The number of fused-ring (bicyclic) bond motifs is 2. The quantitative estimate of drug-likeness (QED) is 0.279. The number of amides is 1. The summed E-state index contributed by atoms with van der Waals surface area (Å²) in [6, 6.07) is 32.4. The molecule has 0 aromatic heterocycles. The minimum atomic E-state index is -0.260. The highest BCUT2D eigenvalue weighted by molar-refractivity contribution is 5.79. The van der Waals surface area contributed by atoms with Crippen molar-refractivity contribution >= 4 is 5.91 Å². The maximum Gasteiger partial charge on any atom is 0.237 e. The Morgan fingerprint density at radius 3 is 2.10 bits per heavy atom. The lowest BCUT2D eigenvalue weighted by molar-refractivity contribution is -0.136. The minimum Gasteiger partial charge on any atom is -0.333 e. The van der Waals surface area contributed by atoms with Crippen molar-refractivity contribution in [3.63, 3.8) is 0 Å². The zero-order chi connectivity index (χ0) is 26.9. The normalized spacial score (nSPS) is 18.9. The summed E-state index contributed by atoms with van der Waals surface area (Å²) in [7, 11) is 0. The molecule has 1 aliphatic carbocycles. The summed E-state index contributed by atoms with van der Waals surface area (Å²) in [5.41, 5.74) is 8.21. The van der Waals surface area contributed by atoms with Gasteiger partial charge in [0.05, 0.1) is 12.6 Å². The largest absolute Gasteiger partial charge is 0.333 e. The van der Waals surface area contributed by atoms with Gasteiger partial charge in [0.2, 0.25) is 5.91 Å². The molecule has 0 N–H and O–H groups in total. The molecule has 39 heavy (non-hydrogen) atoms. The van der Waals surface area contributed by atoms with Crippen molar-refractivity contribution in [3.8, 4) is 0 Å². The summed E-state index contributed by atoms with van der Waals surface area (Å²) in [6.45, 7) is 5.75. The predicted molar refractivity (Wildman–Crippen MR) is 154 cm³/mol. The third kappa shape index (κ3) is 5.02. The standard InChI is InChI=1S/C35H35FN2O/c1-24-11-3-7-16-31(24)35-32-17-9-8-15-30(32)25(2)21-37(35)23-34(39)38(22-28-14-6-10-18-33(28)36)29-19-26-12-4-5-13-27(26)20-29/h3-18,25,29,35H,19-23H2,1-2H3/t25-,35-/m0/s1. The number of carbonyl (C=O) groups is 1. The lowest BCUT2D eigenvalue weighted by Crippen LogP contribution is -2.48. The average Bonchev–Trinajstić information content (AvgIpc) is 3.37. The summed E-state index contributed by atoms with van der Waals surface area (Å²) in [5.74, 6) is 0.107. The Hall–Kier alpha value is -3.76. The van der Waals surface area contributed by atoms with Gasteiger partial charge in [0.15, 0.2) is 0 Å². The van der Waals surface area contributed by atoms with E-state index in [-0.39, 0.29) is 30.4 Å². The molecular formula is C35H35FN2O. The smallest absolute Gasteiger partial charge is 0.237 e. The van der Waals surface area contributed by atoms with Crippen LogP contribution in [0.2, 0.25) is 0 Å². The van der Waals surface area contributed by atoms with Crippen LogP contribution < -0.4 is 0 Å². The fourth-order valence-electron chi connectivity index (χ4n) is 6.63. The molecule has 0 unspecified atom stereocenters. The van der Waals surface area contributed by atoms with Crippen LogP contribution in [0.25, 0.3) is 0 Å². The summed E-state index contributed by atoms with van der Waals surface area (Å²) in [5, 5.41) is 0. The van der Waals surface area contributed by atoms with E-state index < -0.39 is 0 Å². The van der Waals surface area contributed by atoms with E-state index in [4.69, 9.17) is 0 Å². The SMILES string of the molecule is Cc1ccccc1[C@H]1c2ccccc2[C@@H](C)CN1CC(=O)N(Cc1ccccc1F)C1Cc2ccccc2C1. The molecule has 1 heterocycles. The summed E-state index contributed by atoms with van der Waals surface area (Å²) in [4.78, 5) is 18.6. The van der Waals surface area contributed by atoms with Gasteiger partial charge < -0.3 is 4.90 Å².